The van der Waals surface area contributed by atoms with Crippen molar-refractivity contribution >= 4 is 23.2 Å². The van der Waals surface area contributed by atoms with Crippen molar-refractivity contribution in [3.63, 3.8) is 0 Å². The van der Waals surface area contributed by atoms with E-state index < -0.39 is 7.26 Å². The third-order valence-corrected chi connectivity index (χ3v) is 8.87. The van der Waals surface area contributed by atoms with Crippen molar-refractivity contribution in [2.75, 3.05) is 0 Å². The molecule has 0 fully saturated rings. The Labute approximate surface area is 167 Å². The fourth-order valence-electron chi connectivity index (χ4n) is 3.53. The molecule has 0 spiro atoms. The summed E-state index contributed by atoms with van der Waals surface area (Å²) < 4.78 is 0. The molecule has 28 heavy (non-hydrogen) atoms. The molecule has 0 amide bonds. The highest BCUT2D eigenvalue weighted by atomic mass is 31.2. The maximum absolute atomic E-state index is 10.7. The Balaban J connectivity index is 2.08. The van der Waals surface area contributed by atoms with Crippen molar-refractivity contribution in [3.8, 4) is 0 Å². The molecule has 0 atom stereocenters. The van der Waals surface area contributed by atoms with Gasteiger partial charge >= 0.3 is 0 Å². The standard InChI is InChI=1S/C26H21OP/c27-26-20-12-1-5-13-22(26)21-28(23-14-6-2-7-15-23,24-16-8-3-9-17-24)25-18-10-4-11-19-25/h1-21H/p+1/b22-21+. The van der Waals surface area contributed by atoms with E-state index in [9.17, 15) is 5.11 Å². The van der Waals surface area contributed by atoms with Crippen molar-refractivity contribution < 1.29 is 5.11 Å². The van der Waals surface area contributed by atoms with Gasteiger partial charge in [0.2, 0.25) is 0 Å². The molecule has 1 N–H and O–H groups in total. The lowest BCUT2D eigenvalue weighted by Gasteiger charge is -2.25. The summed E-state index contributed by atoms with van der Waals surface area (Å²) in [6.07, 6.45) is 9.51. The van der Waals surface area contributed by atoms with Gasteiger partial charge in [-0.05, 0) is 48.6 Å². The Bertz CT molecular complexity index is 949. The van der Waals surface area contributed by atoms with E-state index in [0.717, 1.165) is 5.57 Å². The highest BCUT2D eigenvalue weighted by Gasteiger charge is 2.44. The molecule has 0 saturated carbocycles. The van der Waals surface area contributed by atoms with Gasteiger partial charge in [-0.1, -0.05) is 72.8 Å². The van der Waals surface area contributed by atoms with Crippen LogP contribution in [0.5, 0.6) is 0 Å². The molecule has 4 rings (SSSR count). The van der Waals surface area contributed by atoms with Gasteiger partial charge in [0.1, 0.15) is 28.9 Å². The number of hydrogen-bond donors (Lipinski definition) is 1. The molecule has 0 aromatic heterocycles. The number of aliphatic hydroxyl groups excluding tert-OH is 1. The van der Waals surface area contributed by atoms with Gasteiger partial charge in [0.25, 0.3) is 0 Å². The summed E-state index contributed by atoms with van der Waals surface area (Å²) in [4.78, 5) is 0. The first-order valence-electron chi connectivity index (χ1n) is 9.33. The van der Waals surface area contributed by atoms with Crippen LogP contribution >= 0.6 is 7.26 Å². The predicted molar refractivity (Wildman–Crippen MR) is 122 cm³/mol. The monoisotopic (exact) mass is 381 g/mol. The highest BCUT2D eigenvalue weighted by Crippen LogP contribution is 2.58. The number of allylic oxidation sites excluding steroid dienone is 5. The summed E-state index contributed by atoms with van der Waals surface area (Å²) in [5.41, 5.74) is 0.842. The third-order valence-electron chi connectivity index (χ3n) is 4.87. The second-order valence-corrected chi connectivity index (χ2v) is 9.86. The zero-order valence-electron chi connectivity index (χ0n) is 15.5. The molecule has 2 heteroatoms. The Morgan fingerprint density at radius 2 is 1.04 bits per heavy atom. The van der Waals surface area contributed by atoms with Gasteiger partial charge in [0.05, 0.1) is 11.4 Å². The topological polar surface area (TPSA) is 20.2 Å². The molecule has 1 aliphatic carbocycles. The SMILES string of the molecule is OC1=CC=CC=C/C1=C\[P+](c1ccccc1)(c1ccccc1)c1ccccc1. The van der Waals surface area contributed by atoms with E-state index >= 15 is 0 Å². The zero-order chi connectivity index (χ0) is 19.2. The molecule has 3 aromatic carbocycles. The Hall–Kier alpha value is -3.15. The normalized spacial score (nSPS) is 15.3. The van der Waals surface area contributed by atoms with E-state index in [4.69, 9.17) is 0 Å². The lowest BCUT2D eigenvalue weighted by atomic mass is 10.2. The van der Waals surface area contributed by atoms with Gasteiger partial charge in [-0.25, -0.2) is 0 Å². The Morgan fingerprint density at radius 1 is 0.571 bits per heavy atom. The molecule has 1 nitrogen and oxygen atoms in total. The van der Waals surface area contributed by atoms with E-state index in [1.807, 2.05) is 42.5 Å². The summed E-state index contributed by atoms with van der Waals surface area (Å²) in [6.45, 7) is 0. The number of hydrogen-bond acceptors (Lipinski definition) is 1. The van der Waals surface area contributed by atoms with Crippen LogP contribution < -0.4 is 15.9 Å². The van der Waals surface area contributed by atoms with Crippen molar-refractivity contribution in [1.29, 1.82) is 0 Å². The summed E-state index contributed by atoms with van der Waals surface area (Å²) >= 11 is 0. The maximum atomic E-state index is 10.7. The molecule has 0 heterocycles. The quantitative estimate of drug-likeness (QED) is 0.597. The average Bonchev–Trinajstić information content (AvgIpc) is 2.98. The predicted octanol–water partition coefficient (Wildman–Crippen LogP) is 5.43. The van der Waals surface area contributed by atoms with Crippen molar-refractivity contribution in [2.45, 2.75) is 0 Å². The summed E-state index contributed by atoms with van der Waals surface area (Å²) in [6, 6.07) is 31.9. The second-order valence-electron chi connectivity index (χ2n) is 6.61. The molecule has 3 aromatic rings. The fourth-order valence-corrected chi connectivity index (χ4v) is 7.43. The minimum atomic E-state index is -2.12. The minimum absolute atomic E-state index is 0.289. The zero-order valence-corrected chi connectivity index (χ0v) is 16.4. The molecule has 0 saturated heterocycles. The van der Waals surface area contributed by atoms with Gasteiger partial charge in [0.15, 0.2) is 0 Å². The molecule has 136 valence electrons. The van der Waals surface area contributed by atoms with Crippen molar-refractivity contribution in [1.82, 2.24) is 0 Å². The highest BCUT2D eigenvalue weighted by molar-refractivity contribution is 7.98. The van der Waals surface area contributed by atoms with Gasteiger partial charge in [-0.15, -0.1) is 0 Å². The van der Waals surface area contributed by atoms with Crippen LogP contribution in [0, 0.1) is 0 Å². The molecule has 0 radical (unpaired) electrons. The van der Waals surface area contributed by atoms with Gasteiger partial charge in [0, 0.05) is 0 Å². The van der Waals surface area contributed by atoms with Crippen LogP contribution in [0.3, 0.4) is 0 Å². The van der Waals surface area contributed by atoms with E-state index in [1.165, 1.54) is 15.9 Å². The number of rotatable bonds is 4. The largest absolute Gasteiger partial charge is 0.507 e. The summed E-state index contributed by atoms with van der Waals surface area (Å²) in [5, 5.41) is 14.4. The summed E-state index contributed by atoms with van der Waals surface area (Å²) in [7, 11) is -2.12. The van der Waals surface area contributed by atoms with Crippen LogP contribution in [0.1, 0.15) is 0 Å². The molecule has 0 bridgehead atoms. The van der Waals surface area contributed by atoms with E-state index in [2.05, 4.69) is 78.6 Å². The maximum Gasteiger partial charge on any atom is 0.137 e. The molecule has 1 aliphatic rings. The second kappa shape index (κ2) is 8.25. The van der Waals surface area contributed by atoms with Gasteiger partial charge in [-0.3, -0.25) is 0 Å². The molecule has 0 unspecified atom stereocenters. The van der Waals surface area contributed by atoms with Crippen LogP contribution in [-0.2, 0) is 0 Å². The third kappa shape index (κ3) is 3.50. The smallest absolute Gasteiger partial charge is 0.137 e. The van der Waals surface area contributed by atoms with E-state index in [1.54, 1.807) is 6.08 Å². The first-order valence-corrected chi connectivity index (χ1v) is 11.2. The van der Waals surface area contributed by atoms with Crippen LogP contribution in [0.2, 0.25) is 0 Å². The van der Waals surface area contributed by atoms with E-state index in [-0.39, 0.29) is 5.76 Å². The van der Waals surface area contributed by atoms with E-state index in [0.29, 0.717) is 0 Å². The van der Waals surface area contributed by atoms with Crippen LogP contribution in [0.4, 0.5) is 0 Å². The first kappa shape index (κ1) is 18.2. The first-order chi connectivity index (χ1) is 13.8. The molecule has 0 aliphatic heterocycles. The number of benzene rings is 3. The minimum Gasteiger partial charge on any atom is -0.507 e. The van der Waals surface area contributed by atoms with Gasteiger partial charge < -0.3 is 5.11 Å². The Morgan fingerprint density at radius 3 is 1.50 bits per heavy atom. The van der Waals surface area contributed by atoms with Crippen molar-refractivity contribution in [2.24, 2.45) is 0 Å². The van der Waals surface area contributed by atoms with Crippen LogP contribution in [0.15, 0.2) is 139 Å². The lowest BCUT2D eigenvalue weighted by Crippen LogP contribution is -2.29. The average molecular weight is 381 g/mol. The Kier molecular flexibility index (Phi) is 5.37. The van der Waals surface area contributed by atoms with Crippen molar-refractivity contribution in [3.05, 3.63) is 139 Å². The lowest BCUT2D eigenvalue weighted by molar-refractivity contribution is 0.427. The number of aliphatic hydroxyl groups is 1. The fraction of sp³-hybridized carbons (Fsp3) is 0. The summed E-state index contributed by atoms with van der Waals surface area (Å²) in [5.74, 6) is 2.57. The van der Waals surface area contributed by atoms with Gasteiger partial charge in [-0.2, -0.15) is 0 Å². The van der Waals surface area contributed by atoms with Crippen LogP contribution in [0.25, 0.3) is 0 Å². The molecular formula is C26H22OP+. The molecular weight excluding hydrogens is 359 g/mol. The van der Waals surface area contributed by atoms with Crippen LogP contribution in [-0.4, -0.2) is 5.11 Å².